The Morgan fingerprint density at radius 2 is 1.87 bits per heavy atom. The maximum atomic E-state index is 12.2. The van der Waals surface area contributed by atoms with Crippen LogP contribution in [0.2, 0.25) is 5.02 Å². The molecule has 1 aromatic carbocycles. The van der Waals surface area contributed by atoms with Gasteiger partial charge in [0.05, 0.1) is 0 Å². The van der Waals surface area contributed by atoms with E-state index < -0.39 is 0 Å². The van der Waals surface area contributed by atoms with Gasteiger partial charge in [-0.1, -0.05) is 23.7 Å². The van der Waals surface area contributed by atoms with Gasteiger partial charge in [-0.15, -0.1) is 0 Å². The van der Waals surface area contributed by atoms with Gasteiger partial charge >= 0.3 is 0 Å². The molecule has 23 heavy (non-hydrogen) atoms. The average molecular weight is 332 g/mol. The van der Waals surface area contributed by atoms with Crippen LogP contribution >= 0.6 is 11.6 Å². The molecule has 1 amide bonds. The summed E-state index contributed by atoms with van der Waals surface area (Å²) < 4.78 is 0. The number of pyridine rings is 1. The van der Waals surface area contributed by atoms with E-state index in [0.717, 1.165) is 17.7 Å². The number of hydrogen-bond acceptors (Lipinski definition) is 3. The lowest BCUT2D eigenvalue weighted by Gasteiger charge is -2.22. The molecule has 0 bridgehead atoms. The highest BCUT2D eigenvalue weighted by Gasteiger charge is 2.12. The molecule has 0 unspecified atom stereocenters. The van der Waals surface area contributed by atoms with Gasteiger partial charge < -0.3 is 10.6 Å². The Labute approximate surface area is 142 Å². The van der Waals surface area contributed by atoms with E-state index in [-0.39, 0.29) is 11.4 Å². The summed E-state index contributed by atoms with van der Waals surface area (Å²) in [5.41, 5.74) is 2.36. The van der Waals surface area contributed by atoms with Crippen LogP contribution in [0.15, 0.2) is 42.6 Å². The van der Waals surface area contributed by atoms with Crippen molar-refractivity contribution in [1.29, 1.82) is 0 Å². The Balaban J connectivity index is 1.90. The SMILES string of the molecule is CC(C)(C)Nc1ccnc(C(=O)NCCc2ccc(Cl)cc2)c1. The monoisotopic (exact) mass is 331 g/mol. The third kappa shape index (κ3) is 5.91. The van der Waals surface area contributed by atoms with E-state index in [1.165, 1.54) is 0 Å². The molecule has 1 aromatic heterocycles. The third-order valence-electron chi connectivity index (χ3n) is 3.12. The fourth-order valence-corrected chi connectivity index (χ4v) is 2.25. The summed E-state index contributed by atoms with van der Waals surface area (Å²) in [6.07, 6.45) is 2.39. The van der Waals surface area contributed by atoms with Crippen LogP contribution in [-0.4, -0.2) is 23.0 Å². The Hall–Kier alpha value is -2.07. The molecular weight excluding hydrogens is 310 g/mol. The van der Waals surface area contributed by atoms with Gasteiger partial charge in [-0.3, -0.25) is 9.78 Å². The molecule has 0 saturated carbocycles. The number of carbonyl (C=O) groups excluding carboxylic acids is 1. The second kappa shape index (κ2) is 7.47. The Bertz CT molecular complexity index is 663. The zero-order chi connectivity index (χ0) is 16.9. The summed E-state index contributed by atoms with van der Waals surface area (Å²) in [7, 11) is 0. The van der Waals surface area contributed by atoms with E-state index in [9.17, 15) is 4.79 Å². The second-order valence-electron chi connectivity index (χ2n) is 6.44. The van der Waals surface area contributed by atoms with Gasteiger partial charge in [0.15, 0.2) is 0 Å². The molecule has 0 fully saturated rings. The minimum Gasteiger partial charge on any atom is -0.380 e. The van der Waals surface area contributed by atoms with Crippen LogP contribution in [0.1, 0.15) is 36.8 Å². The van der Waals surface area contributed by atoms with Crippen molar-refractivity contribution in [2.24, 2.45) is 0 Å². The van der Waals surface area contributed by atoms with Crippen LogP contribution in [0.3, 0.4) is 0 Å². The zero-order valence-electron chi connectivity index (χ0n) is 13.7. The number of rotatable bonds is 5. The Morgan fingerprint density at radius 3 is 2.52 bits per heavy atom. The molecule has 0 aliphatic carbocycles. The van der Waals surface area contributed by atoms with Gasteiger partial charge in [-0.05, 0) is 57.0 Å². The highest BCUT2D eigenvalue weighted by Crippen LogP contribution is 2.14. The molecule has 2 N–H and O–H groups in total. The molecule has 4 nitrogen and oxygen atoms in total. The number of hydrogen-bond donors (Lipinski definition) is 2. The van der Waals surface area contributed by atoms with Crippen LogP contribution in [-0.2, 0) is 6.42 Å². The first-order chi connectivity index (χ1) is 10.8. The smallest absolute Gasteiger partial charge is 0.269 e. The van der Waals surface area contributed by atoms with Gasteiger partial charge in [0.1, 0.15) is 5.69 Å². The molecular formula is C18H22ClN3O. The summed E-state index contributed by atoms with van der Waals surface area (Å²) in [5.74, 6) is -0.170. The first-order valence-electron chi connectivity index (χ1n) is 7.60. The van der Waals surface area contributed by atoms with Crippen LogP contribution in [0.25, 0.3) is 0 Å². The van der Waals surface area contributed by atoms with Gasteiger partial charge in [0, 0.05) is 29.0 Å². The summed E-state index contributed by atoms with van der Waals surface area (Å²) in [4.78, 5) is 16.3. The molecule has 1 heterocycles. The highest BCUT2D eigenvalue weighted by molar-refractivity contribution is 6.30. The molecule has 5 heteroatoms. The van der Waals surface area contributed by atoms with Crippen molar-refractivity contribution in [1.82, 2.24) is 10.3 Å². The zero-order valence-corrected chi connectivity index (χ0v) is 14.4. The quantitative estimate of drug-likeness (QED) is 0.873. The number of carbonyl (C=O) groups is 1. The van der Waals surface area contributed by atoms with E-state index in [4.69, 9.17) is 11.6 Å². The third-order valence-corrected chi connectivity index (χ3v) is 3.38. The van der Waals surface area contributed by atoms with Gasteiger partial charge in [-0.2, -0.15) is 0 Å². The lowest BCUT2D eigenvalue weighted by atomic mass is 10.1. The molecule has 2 aromatic rings. The normalized spacial score (nSPS) is 11.1. The van der Waals surface area contributed by atoms with Crippen molar-refractivity contribution in [3.05, 3.63) is 58.9 Å². The van der Waals surface area contributed by atoms with Crippen LogP contribution in [0.5, 0.6) is 0 Å². The minimum absolute atomic E-state index is 0.0658. The molecule has 0 saturated heterocycles. The van der Waals surface area contributed by atoms with Crippen LogP contribution in [0.4, 0.5) is 5.69 Å². The number of nitrogens with zero attached hydrogens (tertiary/aromatic N) is 1. The second-order valence-corrected chi connectivity index (χ2v) is 6.87. The fraction of sp³-hybridized carbons (Fsp3) is 0.333. The molecule has 0 spiro atoms. The standard InChI is InChI=1S/C18H22ClN3O/c1-18(2,3)22-15-9-11-20-16(12-15)17(23)21-10-8-13-4-6-14(19)7-5-13/h4-7,9,11-12H,8,10H2,1-3H3,(H,20,22)(H,21,23). The van der Waals surface area contributed by atoms with E-state index in [1.807, 2.05) is 30.3 Å². The lowest BCUT2D eigenvalue weighted by Crippen LogP contribution is -2.28. The maximum absolute atomic E-state index is 12.2. The van der Waals surface area contributed by atoms with Crippen molar-refractivity contribution in [2.45, 2.75) is 32.7 Å². The predicted molar refractivity (Wildman–Crippen MR) is 95.1 cm³/mol. The van der Waals surface area contributed by atoms with E-state index in [0.29, 0.717) is 17.3 Å². The van der Waals surface area contributed by atoms with Gasteiger partial charge in [0.2, 0.25) is 0 Å². The van der Waals surface area contributed by atoms with Crippen LogP contribution < -0.4 is 10.6 Å². The van der Waals surface area contributed by atoms with Crippen molar-refractivity contribution >= 4 is 23.2 Å². The number of anilines is 1. The first-order valence-corrected chi connectivity index (χ1v) is 7.98. The Kier molecular flexibility index (Phi) is 5.61. The summed E-state index contributed by atoms with van der Waals surface area (Å²) in [5, 5.41) is 6.93. The van der Waals surface area contributed by atoms with Crippen molar-refractivity contribution in [3.63, 3.8) is 0 Å². The first kappa shape index (κ1) is 17.3. The topological polar surface area (TPSA) is 54.0 Å². The number of nitrogens with one attached hydrogen (secondary N) is 2. The molecule has 0 aliphatic rings. The van der Waals surface area contributed by atoms with Gasteiger partial charge in [-0.25, -0.2) is 0 Å². The van der Waals surface area contributed by atoms with Crippen molar-refractivity contribution in [2.75, 3.05) is 11.9 Å². The van der Waals surface area contributed by atoms with Crippen molar-refractivity contribution < 1.29 is 4.79 Å². The van der Waals surface area contributed by atoms with Crippen LogP contribution in [0, 0.1) is 0 Å². The number of halogens is 1. The number of benzene rings is 1. The molecule has 0 aliphatic heterocycles. The fourth-order valence-electron chi connectivity index (χ4n) is 2.13. The average Bonchev–Trinajstić information content (AvgIpc) is 2.48. The largest absolute Gasteiger partial charge is 0.380 e. The maximum Gasteiger partial charge on any atom is 0.269 e. The summed E-state index contributed by atoms with van der Waals surface area (Å²) in [6.45, 7) is 6.76. The Morgan fingerprint density at radius 1 is 1.17 bits per heavy atom. The van der Waals surface area contributed by atoms with E-state index in [1.54, 1.807) is 12.3 Å². The lowest BCUT2D eigenvalue weighted by molar-refractivity contribution is 0.0949. The summed E-state index contributed by atoms with van der Waals surface area (Å²) >= 11 is 5.85. The van der Waals surface area contributed by atoms with E-state index >= 15 is 0 Å². The highest BCUT2D eigenvalue weighted by atomic mass is 35.5. The molecule has 122 valence electrons. The van der Waals surface area contributed by atoms with E-state index in [2.05, 4.69) is 36.4 Å². The predicted octanol–water partition coefficient (Wildman–Crippen LogP) is 3.92. The molecule has 0 atom stereocenters. The number of aromatic nitrogens is 1. The molecule has 2 rings (SSSR count). The number of amides is 1. The minimum atomic E-state index is -0.170. The van der Waals surface area contributed by atoms with Crippen molar-refractivity contribution in [3.8, 4) is 0 Å². The van der Waals surface area contributed by atoms with Gasteiger partial charge in [0.25, 0.3) is 5.91 Å². The summed E-state index contributed by atoms with van der Waals surface area (Å²) in [6, 6.07) is 11.2. The molecule has 0 radical (unpaired) electrons.